The summed E-state index contributed by atoms with van der Waals surface area (Å²) >= 11 is 0. The van der Waals surface area contributed by atoms with Crippen LogP contribution in [-0.2, 0) is 9.59 Å². The molecule has 5 nitrogen and oxygen atoms in total. The number of hydrogen-bond donors (Lipinski definition) is 2. The number of nitrogens with two attached hydrogens (primary N) is 1. The van der Waals surface area contributed by atoms with Crippen LogP contribution in [-0.4, -0.2) is 35.8 Å². The number of nitrogens with zero attached hydrogens (tertiary/aromatic N) is 1. The topological polar surface area (TPSA) is 75.4 Å². The quantitative estimate of drug-likeness (QED) is 0.906. The lowest BCUT2D eigenvalue weighted by Crippen LogP contribution is -2.47. The van der Waals surface area contributed by atoms with Crippen LogP contribution in [0, 0.1) is 5.92 Å². The number of nitrogens with one attached hydrogen (secondary N) is 1. The first-order valence-electron chi connectivity index (χ1n) is 8.37. The van der Waals surface area contributed by atoms with Crippen LogP contribution in [0.25, 0.3) is 10.8 Å². The summed E-state index contributed by atoms with van der Waals surface area (Å²) in [5.41, 5.74) is 6.16. The summed E-state index contributed by atoms with van der Waals surface area (Å²) in [6, 6.07) is 13.7. The number of primary amides is 1. The molecule has 1 unspecified atom stereocenters. The monoisotopic (exact) mass is 325 g/mol. The van der Waals surface area contributed by atoms with Gasteiger partial charge in [-0.3, -0.25) is 14.5 Å². The molecule has 24 heavy (non-hydrogen) atoms. The van der Waals surface area contributed by atoms with Crippen molar-refractivity contribution in [2.75, 3.05) is 18.4 Å². The van der Waals surface area contributed by atoms with Crippen molar-refractivity contribution in [3.63, 3.8) is 0 Å². The Labute approximate surface area is 141 Å². The first kappa shape index (κ1) is 16.5. The van der Waals surface area contributed by atoms with Crippen LogP contribution in [0.4, 0.5) is 5.69 Å². The molecule has 2 amide bonds. The first-order chi connectivity index (χ1) is 11.5. The number of fused-ring (bicyclic) bond motifs is 1. The Kier molecular flexibility index (Phi) is 4.81. The molecule has 1 fully saturated rings. The number of rotatable bonds is 4. The number of carbonyl (C=O) groups is 2. The Morgan fingerprint density at radius 2 is 1.79 bits per heavy atom. The second kappa shape index (κ2) is 7.01. The summed E-state index contributed by atoms with van der Waals surface area (Å²) in [4.78, 5) is 25.9. The van der Waals surface area contributed by atoms with Crippen LogP contribution >= 0.6 is 0 Å². The van der Waals surface area contributed by atoms with E-state index in [-0.39, 0.29) is 23.8 Å². The van der Waals surface area contributed by atoms with Crippen molar-refractivity contribution in [1.82, 2.24) is 4.90 Å². The number of hydrogen-bond acceptors (Lipinski definition) is 3. The molecule has 2 aromatic carbocycles. The minimum Gasteiger partial charge on any atom is -0.369 e. The van der Waals surface area contributed by atoms with Crippen LogP contribution in [0.15, 0.2) is 42.5 Å². The van der Waals surface area contributed by atoms with Crippen molar-refractivity contribution in [3.05, 3.63) is 42.5 Å². The Morgan fingerprint density at radius 1 is 1.12 bits per heavy atom. The highest BCUT2D eigenvalue weighted by Crippen LogP contribution is 2.21. The van der Waals surface area contributed by atoms with Gasteiger partial charge in [-0.05, 0) is 55.8 Å². The van der Waals surface area contributed by atoms with Gasteiger partial charge in [-0.25, -0.2) is 0 Å². The van der Waals surface area contributed by atoms with Gasteiger partial charge in [0.2, 0.25) is 11.8 Å². The number of carbonyl (C=O) groups excluding carboxylic acids is 2. The highest BCUT2D eigenvalue weighted by Gasteiger charge is 2.28. The minimum absolute atomic E-state index is 0.0252. The fourth-order valence-corrected chi connectivity index (χ4v) is 3.25. The van der Waals surface area contributed by atoms with Gasteiger partial charge in [0.15, 0.2) is 0 Å². The maximum absolute atomic E-state index is 12.5. The zero-order valence-electron chi connectivity index (χ0n) is 13.9. The third-order valence-corrected chi connectivity index (χ3v) is 4.88. The normalized spacial score (nSPS) is 17.5. The molecule has 1 aliphatic rings. The van der Waals surface area contributed by atoms with E-state index in [4.69, 9.17) is 5.73 Å². The lowest BCUT2D eigenvalue weighted by molar-refractivity contribution is -0.124. The average molecular weight is 325 g/mol. The molecule has 3 rings (SSSR count). The molecule has 126 valence electrons. The zero-order valence-corrected chi connectivity index (χ0v) is 13.9. The van der Waals surface area contributed by atoms with Crippen molar-refractivity contribution in [2.45, 2.75) is 25.8 Å². The lowest BCUT2D eigenvalue weighted by Gasteiger charge is -2.34. The zero-order chi connectivity index (χ0) is 17.1. The molecule has 0 aromatic heterocycles. The van der Waals surface area contributed by atoms with Gasteiger partial charge in [0.25, 0.3) is 0 Å². The Bertz CT molecular complexity index is 751. The fraction of sp³-hybridized carbons (Fsp3) is 0.368. The molecule has 5 heteroatoms. The molecule has 1 saturated heterocycles. The molecular formula is C19H23N3O2. The van der Waals surface area contributed by atoms with Crippen LogP contribution in [0.5, 0.6) is 0 Å². The number of benzene rings is 2. The maximum Gasteiger partial charge on any atom is 0.241 e. The van der Waals surface area contributed by atoms with E-state index >= 15 is 0 Å². The van der Waals surface area contributed by atoms with E-state index in [1.54, 1.807) is 0 Å². The van der Waals surface area contributed by atoms with Crippen molar-refractivity contribution in [3.8, 4) is 0 Å². The lowest BCUT2D eigenvalue weighted by atomic mass is 9.95. The molecule has 0 saturated carbocycles. The molecule has 0 bridgehead atoms. The SMILES string of the molecule is CC(C(=O)Nc1ccc2ccccc2c1)N1CCC(C(N)=O)CC1. The number of likely N-dealkylation sites (tertiary alicyclic amines) is 1. The minimum atomic E-state index is -0.233. The van der Waals surface area contributed by atoms with Crippen molar-refractivity contribution in [1.29, 1.82) is 0 Å². The maximum atomic E-state index is 12.5. The Morgan fingerprint density at radius 3 is 2.46 bits per heavy atom. The Hall–Kier alpha value is -2.40. The van der Waals surface area contributed by atoms with Gasteiger partial charge in [-0.1, -0.05) is 30.3 Å². The predicted octanol–water partition coefficient (Wildman–Crippen LogP) is 2.36. The van der Waals surface area contributed by atoms with Gasteiger partial charge in [-0.15, -0.1) is 0 Å². The van der Waals surface area contributed by atoms with Gasteiger partial charge >= 0.3 is 0 Å². The van der Waals surface area contributed by atoms with Crippen LogP contribution in [0.3, 0.4) is 0 Å². The highest BCUT2D eigenvalue weighted by atomic mass is 16.2. The summed E-state index contributed by atoms with van der Waals surface area (Å²) in [5, 5.41) is 5.24. The highest BCUT2D eigenvalue weighted by molar-refractivity contribution is 5.97. The van der Waals surface area contributed by atoms with E-state index in [1.165, 1.54) is 0 Å². The second-order valence-corrected chi connectivity index (χ2v) is 6.44. The second-order valence-electron chi connectivity index (χ2n) is 6.44. The molecule has 1 aliphatic heterocycles. The number of amides is 2. The average Bonchev–Trinajstić information content (AvgIpc) is 2.61. The van der Waals surface area contributed by atoms with Gasteiger partial charge in [0, 0.05) is 11.6 Å². The van der Waals surface area contributed by atoms with Crippen molar-refractivity contribution < 1.29 is 9.59 Å². The van der Waals surface area contributed by atoms with Crippen LogP contribution in [0.2, 0.25) is 0 Å². The molecule has 2 aromatic rings. The predicted molar refractivity (Wildman–Crippen MR) is 95.5 cm³/mol. The van der Waals surface area contributed by atoms with Gasteiger partial charge < -0.3 is 11.1 Å². The van der Waals surface area contributed by atoms with Gasteiger partial charge in [0.05, 0.1) is 6.04 Å². The van der Waals surface area contributed by atoms with Gasteiger partial charge in [-0.2, -0.15) is 0 Å². The van der Waals surface area contributed by atoms with Crippen LogP contribution in [0.1, 0.15) is 19.8 Å². The molecule has 1 heterocycles. The van der Waals surface area contributed by atoms with E-state index in [2.05, 4.69) is 10.2 Å². The van der Waals surface area contributed by atoms with Crippen LogP contribution < -0.4 is 11.1 Å². The summed E-state index contributed by atoms with van der Waals surface area (Å²) in [7, 11) is 0. The Balaban J connectivity index is 1.62. The largest absolute Gasteiger partial charge is 0.369 e. The van der Waals surface area contributed by atoms with E-state index in [0.29, 0.717) is 0 Å². The third-order valence-electron chi connectivity index (χ3n) is 4.88. The van der Waals surface area contributed by atoms with E-state index in [0.717, 1.165) is 42.4 Å². The summed E-state index contributed by atoms with van der Waals surface area (Å²) in [5.74, 6) is -0.317. The van der Waals surface area contributed by atoms with Gasteiger partial charge in [0.1, 0.15) is 0 Å². The first-order valence-corrected chi connectivity index (χ1v) is 8.37. The molecular weight excluding hydrogens is 302 g/mol. The fourth-order valence-electron chi connectivity index (χ4n) is 3.25. The standard InChI is InChI=1S/C19H23N3O2/c1-13(22-10-8-15(9-11-22)18(20)23)19(24)21-17-7-6-14-4-2-3-5-16(14)12-17/h2-7,12-13,15H,8-11H2,1H3,(H2,20,23)(H,21,24). The smallest absolute Gasteiger partial charge is 0.241 e. The molecule has 0 spiro atoms. The third kappa shape index (κ3) is 3.57. The summed E-state index contributed by atoms with van der Waals surface area (Å²) < 4.78 is 0. The molecule has 0 radical (unpaired) electrons. The summed E-state index contributed by atoms with van der Waals surface area (Å²) in [6.45, 7) is 3.35. The van der Waals surface area contributed by atoms with Crippen molar-refractivity contribution in [2.24, 2.45) is 11.7 Å². The molecule has 1 atom stereocenters. The van der Waals surface area contributed by atoms with Crippen molar-refractivity contribution >= 4 is 28.3 Å². The van der Waals surface area contributed by atoms with E-state index < -0.39 is 0 Å². The molecule has 0 aliphatic carbocycles. The van der Waals surface area contributed by atoms with E-state index in [9.17, 15) is 9.59 Å². The number of anilines is 1. The number of piperidine rings is 1. The summed E-state index contributed by atoms with van der Waals surface area (Å²) in [6.07, 6.45) is 1.45. The van der Waals surface area contributed by atoms with E-state index in [1.807, 2.05) is 49.4 Å². The molecule has 3 N–H and O–H groups in total.